The number of hydrogen-bond donors (Lipinski definition) is 1. The standard InChI is InChI=1S/C5H3ClINO/c6-5-3(7)1-2-4(9)8-5/h1-2H,(H,8,9). The highest BCUT2D eigenvalue weighted by Crippen LogP contribution is 2.11. The highest BCUT2D eigenvalue weighted by Gasteiger charge is 1.93. The Morgan fingerprint density at radius 2 is 2.22 bits per heavy atom. The Hall–Kier alpha value is -0.0300. The predicted molar refractivity (Wildman–Crippen MR) is 44.8 cm³/mol. The zero-order valence-corrected chi connectivity index (χ0v) is 7.23. The summed E-state index contributed by atoms with van der Waals surface area (Å²) in [7, 11) is 0. The third-order valence-electron chi connectivity index (χ3n) is 0.824. The van der Waals surface area contributed by atoms with E-state index < -0.39 is 0 Å². The van der Waals surface area contributed by atoms with Crippen molar-refractivity contribution in [1.82, 2.24) is 4.98 Å². The van der Waals surface area contributed by atoms with Crippen LogP contribution in [-0.2, 0) is 0 Å². The lowest BCUT2D eigenvalue weighted by Crippen LogP contribution is -2.03. The van der Waals surface area contributed by atoms with Crippen LogP contribution < -0.4 is 5.56 Å². The summed E-state index contributed by atoms with van der Waals surface area (Å²) in [4.78, 5) is 12.9. The molecule has 0 atom stereocenters. The third-order valence-corrected chi connectivity index (χ3v) is 2.34. The van der Waals surface area contributed by atoms with Gasteiger partial charge in [-0.05, 0) is 28.7 Å². The van der Waals surface area contributed by atoms with Crippen molar-refractivity contribution in [2.45, 2.75) is 0 Å². The Balaban J connectivity index is 3.34. The van der Waals surface area contributed by atoms with Crippen molar-refractivity contribution in [3.63, 3.8) is 0 Å². The molecule has 0 radical (unpaired) electrons. The molecule has 4 heteroatoms. The summed E-state index contributed by atoms with van der Waals surface area (Å²) in [6.45, 7) is 0. The molecule has 0 unspecified atom stereocenters. The summed E-state index contributed by atoms with van der Waals surface area (Å²) in [5.41, 5.74) is -0.166. The molecule has 1 aromatic rings. The average molecular weight is 255 g/mol. The summed E-state index contributed by atoms with van der Waals surface area (Å²) in [6.07, 6.45) is 0. The quantitative estimate of drug-likeness (QED) is 0.555. The minimum absolute atomic E-state index is 0.166. The molecule has 2 nitrogen and oxygen atoms in total. The van der Waals surface area contributed by atoms with Crippen LogP contribution in [0.15, 0.2) is 16.9 Å². The molecule has 0 fully saturated rings. The summed E-state index contributed by atoms with van der Waals surface area (Å²) in [5.74, 6) is 0. The minimum Gasteiger partial charge on any atom is -0.312 e. The monoisotopic (exact) mass is 255 g/mol. The van der Waals surface area contributed by atoms with Crippen molar-refractivity contribution in [3.05, 3.63) is 31.2 Å². The second-order valence-corrected chi connectivity index (χ2v) is 3.02. The van der Waals surface area contributed by atoms with Crippen molar-refractivity contribution in [3.8, 4) is 0 Å². The van der Waals surface area contributed by atoms with E-state index in [0.717, 1.165) is 3.57 Å². The molecule has 0 spiro atoms. The number of aromatic amines is 1. The number of H-pyrrole nitrogens is 1. The number of halogens is 2. The highest BCUT2D eigenvalue weighted by atomic mass is 127. The molecule has 1 heterocycles. The normalized spacial score (nSPS) is 9.56. The van der Waals surface area contributed by atoms with E-state index in [4.69, 9.17) is 11.6 Å². The van der Waals surface area contributed by atoms with Gasteiger partial charge < -0.3 is 4.98 Å². The maximum atomic E-state index is 10.5. The first-order valence-corrected chi connectivity index (χ1v) is 3.70. The van der Waals surface area contributed by atoms with E-state index in [9.17, 15) is 4.79 Å². The van der Waals surface area contributed by atoms with Crippen molar-refractivity contribution >= 4 is 34.2 Å². The van der Waals surface area contributed by atoms with E-state index in [2.05, 4.69) is 4.98 Å². The van der Waals surface area contributed by atoms with Crippen LogP contribution in [0, 0.1) is 3.57 Å². The second kappa shape index (κ2) is 2.70. The summed E-state index contributed by atoms with van der Waals surface area (Å²) >= 11 is 7.59. The van der Waals surface area contributed by atoms with Gasteiger partial charge in [0.05, 0.1) is 0 Å². The molecule has 1 rings (SSSR count). The highest BCUT2D eigenvalue weighted by molar-refractivity contribution is 14.1. The van der Waals surface area contributed by atoms with E-state index in [0.29, 0.717) is 5.15 Å². The zero-order valence-electron chi connectivity index (χ0n) is 4.32. The van der Waals surface area contributed by atoms with Gasteiger partial charge in [0.1, 0.15) is 5.15 Å². The molecule has 0 saturated carbocycles. The lowest BCUT2D eigenvalue weighted by molar-refractivity contribution is 1.22. The molecular formula is C5H3ClINO. The van der Waals surface area contributed by atoms with E-state index in [1.54, 1.807) is 6.07 Å². The fraction of sp³-hybridized carbons (Fsp3) is 0. The number of hydrogen-bond acceptors (Lipinski definition) is 1. The fourth-order valence-electron chi connectivity index (χ4n) is 0.432. The first-order chi connectivity index (χ1) is 4.20. The van der Waals surface area contributed by atoms with Gasteiger partial charge in [-0.1, -0.05) is 11.6 Å². The molecule has 0 aromatic carbocycles. The SMILES string of the molecule is O=c1ccc(I)c(Cl)[nH]1. The van der Waals surface area contributed by atoms with E-state index >= 15 is 0 Å². The molecule has 9 heavy (non-hydrogen) atoms. The van der Waals surface area contributed by atoms with Gasteiger partial charge in [-0.15, -0.1) is 0 Å². The van der Waals surface area contributed by atoms with Gasteiger partial charge in [0.15, 0.2) is 0 Å². The zero-order chi connectivity index (χ0) is 6.85. The van der Waals surface area contributed by atoms with Gasteiger partial charge in [-0.3, -0.25) is 4.79 Å². The summed E-state index contributed by atoms with van der Waals surface area (Å²) in [6, 6.07) is 3.11. The maximum absolute atomic E-state index is 10.5. The van der Waals surface area contributed by atoms with Crippen LogP contribution >= 0.6 is 34.2 Å². The smallest absolute Gasteiger partial charge is 0.249 e. The number of pyridine rings is 1. The maximum Gasteiger partial charge on any atom is 0.249 e. The van der Waals surface area contributed by atoms with Crippen LogP contribution in [0.5, 0.6) is 0 Å². The fourth-order valence-corrected chi connectivity index (χ4v) is 0.902. The van der Waals surface area contributed by atoms with Crippen molar-refractivity contribution in [1.29, 1.82) is 0 Å². The molecule has 0 aliphatic rings. The molecule has 0 amide bonds. The van der Waals surface area contributed by atoms with E-state index in [1.807, 2.05) is 22.6 Å². The Morgan fingerprint density at radius 1 is 1.56 bits per heavy atom. The largest absolute Gasteiger partial charge is 0.312 e. The molecular weight excluding hydrogens is 252 g/mol. The topological polar surface area (TPSA) is 32.9 Å². The van der Waals surface area contributed by atoms with Crippen LogP contribution in [0.3, 0.4) is 0 Å². The van der Waals surface area contributed by atoms with Gasteiger partial charge in [0.25, 0.3) is 0 Å². The van der Waals surface area contributed by atoms with Gasteiger partial charge >= 0.3 is 0 Å². The number of rotatable bonds is 0. The average Bonchev–Trinajstić information content (AvgIpc) is 1.80. The number of aromatic nitrogens is 1. The van der Waals surface area contributed by atoms with Crippen LogP contribution in [0.4, 0.5) is 0 Å². The van der Waals surface area contributed by atoms with Crippen molar-refractivity contribution < 1.29 is 0 Å². The van der Waals surface area contributed by atoms with Crippen LogP contribution in [0.25, 0.3) is 0 Å². The molecule has 0 aliphatic heterocycles. The molecule has 1 aromatic heterocycles. The lowest BCUT2D eigenvalue weighted by atomic mass is 10.5. The first-order valence-electron chi connectivity index (χ1n) is 2.24. The Labute approximate surface area is 70.4 Å². The molecule has 0 aliphatic carbocycles. The first kappa shape index (κ1) is 7.08. The minimum atomic E-state index is -0.166. The second-order valence-electron chi connectivity index (χ2n) is 1.48. The van der Waals surface area contributed by atoms with Gasteiger partial charge in [0.2, 0.25) is 5.56 Å². The van der Waals surface area contributed by atoms with E-state index in [-0.39, 0.29) is 5.56 Å². The Morgan fingerprint density at radius 3 is 2.67 bits per heavy atom. The lowest BCUT2D eigenvalue weighted by Gasteiger charge is -1.89. The summed E-state index contributed by atoms with van der Waals surface area (Å²) in [5, 5.41) is 0.406. The summed E-state index contributed by atoms with van der Waals surface area (Å²) < 4.78 is 0.855. The van der Waals surface area contributed by atoms with Gasteiger partial charge in [-0.2, -0.15) is 0 Å². The molecule has 48 valence electrons. The van der Waals surface area contributed by atoms with E-state index in [1.165, 1.54) is 6.07 Å². The van der Waals surface area contributed by atoms with Crippen molar-refractivity contribution in [2.24, 2.45) is 0 Å². The third kappa shape index (κ3) is 1.69. The van der Waals surface area contributed by atoms with Crippen LogP contribution in [0.1, 0.15) is 0 Å². The molecule has 1 N–H and O–H groups in total. The predicted octanol–water partition coefficient (Wildman–Crippen LogP) is 1.63. The Bertz CT molecular complexity index is 270. The van der Waals surface area contributed by atoms with Crippen molar-refractivity contribution in [2.75, 3.05) is 0 Å². The Kier molecular flexibility index (Phi) is 2.13. The van der Waals surface area contributed by atoms with Gasteiger partial charge in [-0.25, -0.2) is 0 Å². The van der Waals surface area contributed by atoms with Gasteiger partial charge in [0, 0.05) is 9.64 Å². The van der Waals surface area contributed by atoms with Crippen LogP contribution in [-0.4, -0.2) is 4.98 Å². The molecule has 0 bridgehead atoms. The van der Waals surface area contributed by atoms with Crippen LogP contribution in [0.2, 0.25) is 5.15 Å². The molecule has 0 saturated heterocycles. The number of nitrogens with one attached hydrogen (secondary N) is 1.